The number of halogens is 2. The van der Waals surface area contributed by atoms with E-state index in [9.17, 15) is 0 Å². The molecule has 5 nitrogen and oxygen atoms in total. The van der Waals surface area contributed by atoms with Gasteiger partial charge in [0.1, 0.15) is 0 Å². The van der Waals surface area contributed by atoms with Crippen molar-refractivity contribution in [3.63, 3.8) is 0 Å². The number of imidazole rings is 1. The monoisotopic (exact) mass is 339 g/mol. The fourth-order valence-corrected chi connectivity index (χ4v) is 2.22. The fraction of sp³-hybridized carbons (Fsp3) is 0.0833. The van der Waals surface area contributed by atoms with E-state index in [-0.39, 0.29) is 12.4 Å². The van der Waals surface area contributed by atoms with Crippen LogP contribution in [0, 0.1) is 0 Å². The maximum atomic E-state index is 4.13. The Morgan fingerprint density at radius 3 is 3.05 bits per heavy atom. The number of hydrogen-bond acceptors (Lipinski definition) is 3. The van der Waals surface area contributed by atoms with Crippen LogP contribution in [0.5, 0.6) is 0 Å². The van der Waals surface area contributed by atoms with Crippen LogP contribution in [0.3, 0.4) is 0 Å². The van der Waals surface area contributed by atoms with E-state index in [4.69, 9.17) is 0 Å². The molecule has 0 saturated carbocycles. The third-order valence-corrected chi connectivity index (χ3v) is 3.12. The Kier molecular flexibility index (Phi) is 4.34. The Bertz CT molecular complexity index is 684. The molecule has 1 aromatic carbocycles. The highest BCUT2D eigenvalue weighted by atomic mass is 79.9. The molecule has 0 aliphatic carbocycles. The Balaban J connectivity index is 0.00000133. The summed E-state index contributed by atoms with van der Waals surface area (Å²) in [7, 11) is 0. The standard InChI is InChI=1S/C12H10BrN5.ClH/c13-9-3-1-2-8(4-9)5-14-11-10-12(16-6-15-10)18-7-17-11;/h1-4,6-7H,5H2,(H2,14,15,16,17,18);1H. The van der Waals surface area contributed by atoms with Crippen LogP contribution in [-0.2, 0) is 6.54 Å². The van der Waals surface area contributed by atoms with Gasteiger partial charge < -0.3 is 17.4 Å². The summed E-state index contributed by atoms with van der Waals surface area (Å²) in [5, 5.41) is 3.33. The van der Waals surface area contributed by atoms with Gasteiger partial charge in [0.25, 0.3) is 5.65 Å². The third-order valence-electron chi connectivity index (χ3n) is 2.62. The van der Waals surface area contributed by atoms with Gasteiger partial charge in [-0.15, -0.1) is 0 Å². The van der Waals surface area contributed by atoms with Crippen LogP contribution >= 0.6 is 15.9 Å². The summed E-state index contributed by atoms with van der Waals surface area (Å²) in [6, 6.07) is 8.18. The summed E-state index contributed by atoms with van der Waals surface area (Å²) < 4.78 is 1.08. The van der Waals surface area contributed by atoms with E-state index in [1.54, 1.807) is 12.7 Å². The molecule has 0 unspecified atom stereocenters. The van der Waals surface area contributed by atoms with Crippen molar-refractivity contribution < 1.29 is 17.4 Å². The van der Waals surface area contributed by atoms with E-state index >= 15 is 0 Å². The molecule has 7 heteroatoms. The molecule has 0 aliphatic rings. The highest BCUT2D eigenvalue weighted by Crippen LogP contribution is 2.15. The van der Waals surface area contributed by atoms with Gasteiger partial charge in [-0.1, -0.05) is 33.0 Å². The summed E-state index contributed by atoms with van der Waals surface area (Å²) in [4.78, 5) is 14.4. The van der Waals surface area contributed by atoms with Crippen LogP contribution in [0.25, 0.3) is 11.2 Å². The maximum absolute atomic E-state index is 4.13. The van der Waals surface area contributed by atoms with E-state index in [2.05, 4.69) is 53.3 Å². The lowest BCUT2D eigenvalue weighted by Crippen LogP contribution is -3.00. The van der Waals surface area contributed by atoms with Crippen molar-refractivity contribution in [2.45, 2.75) is 6.54 Å². The zero-order chi connectivity index (χ0) is 12.4. The topological polar surface area (TPSA) is 67.7 Å². The normalized spacial score (nSPS) is 10.2. The molecule has 19 heavy (non-hydrogen) atoms. The molecule has 0 atom stereocenters. The molecule has 0 spiro atoms. The van der Waals surface area contributed by atoms with Gasteiger partial charge in [-0.2, -0.15) is 0 Å². The van der Waals surface area contributed by atoms with Crippen LogP contribution in [0.2, 0.25) is 0 Å². The minimum atomic E-state index is 0. The van der Waals surface area contributed by atoms with Gasteiger partial charge in [0.15, 0.2) is 5.52 Å². The van der Waals surface area contributed by atoms with Gasteiger partial charge in [0.2, 0.25) is 12.1 Å². The number of fused-ring (bicyclic) bond motifs is 1. The summed E-state index contributed by atoms with van der Waals surface area (Å²) in [6.07, 6.45) is 3.27. The van der Waals surface area contributed by atoms with Gasteiger partial charge in [0, 0.05) is 4.47 Å². The van der Waals surface area contributed by atoms with Crippen molar-refractivity contribution in [2.24, 2.45) is 0 Å². The third kappa shape index (κ3) is 3.02. The van der Waals surface area contributed by atoms with Crippen LogP contribution in [0.4, 0.5) is 5.82 Å². The summed E-state index contributed by atoms with van der Waals surface area (Å²) in [5.41, 5.74) is 2.78. The predicted octanol–water partition coefficient (Wildman–Crippen LogP) is -0.849. The van der Waals surface area contributed by atoms with Crippen LogP contribution in [-0.4, -0.2) is 15.0 Å². The average molecular weight is 341 g/mol. The second kappa shape index (κ2) is 5.99. The molecule has 3 aromatic rings. The first-order valence-electron chi connectivity index (χ1n) is 5.51. The van der Waals surface area contributed by atoms with Crippen molar-refractivity contribution >= 4 is 32.9 Å². The van der Waals surface area contributed by atoms with Gasteiger partial charge in [-0.05, 0) is 17.7 Å². The quantitative estimate of drug-likeness (QED) is 0.653. The molecule has 3 N–H and O–H groups in total. The first-order valence-corrected chi connectivity index (χ1v) is 6.30. The smallest absolute Gasteiger partial charge is 0.260 e. The number of hydrogen-bond donors (Lipinski definition) is 2. The Labute approximate surface area is 124 Å². The van der Waals surface area contributed by atoms with Gasteiger partial charge in [-0.25, -0.2) is 9.97 Å². The summed E-state index contributed by atoms with van der Waals surface area (Å²) >= 11 is 3.46. The molecule has 0 radical (unpaired) electrons. The van der Waals surface area contributed by atoms with Crippen LogP contribution in [0.1, 0.15) is 5.56 Å². The lowest BCUT2D eigenvalue weighted by molar-refractivity contribution is -0.364. The van der Waals surface area contributed by atoms with Gasteiger partial charge >= 0.3 is 0 Å². The van der Waals surface area contributed by atoms with Crippen molar-refractivity contribution in [3.8, 4) is 0 Å². The first-order chi connectivity index (χ1) is 8.83. The lowest BCUT2D eigenvalue weighted by atomic mass is 10.2. The lowest BCUT2D eigenvalue weighted by Gasteiger charge is -2.02. The zero-order valence-corrected chi connectivity index (χ0v) is 12.2. The molecular weight excluding hydrogens is 330 g/mol. The second-order valence-corrected chi connectivity index (χ2v) is 4.78. The number of benzene rings is 1. The van der Waals surface area contributed by atoms with Crippen molar-refractivity contribution in [2.75, 3.05) is 5.32 Å². The molecule has 0 amide bonds. The van der Waals surface area contributed by atoms with Crippen LogP contribution in [0.15, 0.2) is 41.4 Å². The molecule has 2 aromatic heterocycles. The highest BCUT2D eigenvalue weighted by molar-refractivity contribution is 9.10. The van der Waals surface area contributed by atoms with Crippen molar-refractivity contribution in [1.29, 1.82) is 0 Å². The number of aromatic nitrogens is 4. The predicted molar refractivity (Wildman–Crippen MR) is 71.9 cm³/mol. The largest absolute Gasteiger partial charge is 1.00 e. The van der Waals surface area contributed by atoms with Crippen molar-refractivity contribution in [3.05, 3.63) is 47.0 Å². The number of H-pyrrole nitrogens is 2. The number of aromatic amines is 2. The van der Waals surface area contributed by atoms with Crippen molar-refractivity contribution in [1.82, 2.24) is 15.0 Å². The molecule has 0 aliphatic heterocycles. The number of nitrogens with zero attached hydrogens (tertiary/aromatic N) is 2. The SMILES string of the molecule is Brc1cccc(CNc2[nH+]cnc3nc[nH]c23)c1.[Cl-]. The van der Waals surface area contributed by atoms with Gasteiger partial charge in [0.05, 0.1) is 12.9 Å². The van der Waals surface area contributed by atoms with E-state index < -0.39 is 0 Å². The fourth-order valence-electron chi connectivity index (χ4n) is 1.78. The van der Waals surface area contributed by atoms with Gasteiger partial charge in [-0.3, -0.25) is 5.32 Å². The molecule has 3 rings (SSSR count). The Morgan fingerprint density at radius 1 is 1.32 bits per heavy atom. The first kappa shape index (κ1) is 13.8. The molecule has 2 heterocycles. The molecule has 0 fully saturated rings. The second-order valence-electron chi connectivity index (χ2n) is 3.86. The number of anilines is 1. The Morgan fingerprint density at radius 2 is 2.21 bits per heavy atom. The van der Waals surface area contributed by atoms with Crippen LogP contribution < -0.4 is 22.7 Å². The van der Waals surface area contributed by atoms with E-state index in [0.29, 0.717) is 5.65 Å². The highest BCUT2D eigenvalue weighted by Gasteiger charge is 2.10. The molecule has 0 bridgehead atoms. The van der Waals surface area contributed by atoms with E-state index in [1.807, 2.05) is 12.1 Å². The molecular formula is C12H11BrClN5. The van der Waals surface area contributed by atoms with E-state index in [0.717, 1.165) is 22.4 Å². The molecule has 98 valence electrons. The Hall–Kier alpha value is -1.66. The molecule has 0 saturated heterocycles. The maximum Gasteiger partial charge on any atom is 0.260 e. The average Bonchev–Trinajstić information content (AvgIpc) is 2.85. The minimum Gasteiger partial charge on any atom is -1.00 e. The summed E-state index contributed by atoms with van der Waals surface area (Å²) in [6.45, 7) is 0.730. The zero-order valence-electron chi connectivity index (χ0n) is 9.82. The van der Waals surface area contributed by atoms with E-state index in [1.165, 1.54) is 5.56 Å². The minimum absolute atomic E-state index is 0. The number of rotatable bonds is 3. The number of nitrogens with one attached hydrogen (secondary N) is 3. The summed E-state index contributed by atoms with van der Waals surface area (Å²) in [5.74, 6) is 0.887.